The van der Waals surface area contributed by atoms with Gasteiger partial charge in [0.25, 0.3) is 0 Å². The number of aliphatic hydroxyl groups excluding tert-OH is 1. The molecule has 0 spiro atoms. The summed E-state index contributed by atoms with van der Waals surface area (Å²) in [7, 11) is 1.51. The molecule has 0 bridgehead atoms. The Bertz CT molecular complexity index is 649. The predicted molar refractivity (Wildman–Crippen MR) is 74.5 cm³/mol. The number of hydrogen-bond donors (Lipinski definition) is 1. The quantitative estimate of drug-likeness (QED) is 0.853. The van der Waals surface area contributed by atoms with Gasteiger partial charge in [0.1, 0.15) is 17.7 Å². The van der Waals surface area contributed by atoms with E-state index in [-0.39, 0.29) is 21.3 Å². The predicted octanol–water partition coefficient (Wildman–Crippen LogP) is 3.20. The standard InChI is InChI=1S/C13H12Cl2F2N2O2/c1-21-3-2-19-12(9(15)6-18-19)13(20)7-4-11(17)8(14)5-10(7)16/h4-6,13,20H,2-3H2,1H3. The Morgan fingerprint density at radius 2 is 2.00 bits per heavy atom. The SMILES string of the molecule is COCCn1ncc(Cl)c1C(O)c1cc(F)c(Cl)cc1F. The number of aliphatic hydroxyl groups is 1. The normalized spacial score (nSPS) is 12.7. The van der Waals surface area contributed by atoms with E-state index in [2.05, 4.69) is 5.10 Å². The molecule has 0 radical (unpaired) electrons. The van der Waals surface area contributed by atoms with Crippen LogP contribution < -0.4 is 0 Å². The van der Waals surface area contributed by atoms with Gasteiger partial charge in [-0.3, -0.25) is 4.68 Å². The fourth-order valence-electron chi connectivity index (χ4n) is 1.89. The van der Waals surface area contributed by atoms with Gasteiger partial charge in [-0.1, -0.05) is 23.2 Å². The van der Waals surface area contributed by atoms with Gasteiger partial charge < -0.3 is 9.84 Å². The summed E-state index contributed by atoms with van der Waals surface area (Å²) in [6.07, 6.45) is -0.149. The molecule has 4 nitrogen and oxygen atoms in total. The molecule has 0 aliphatic heterocycles. The molecule has 2 rings (SSSR count). The molecular formula is C13H12Cl2F2N2O2. The van der Waals surface area contributed by atoms with Gasteiger partial charge in [-0.25, -0.2) is 8.78 Å². The third-order valence-corrected chi connectivity index (χ3v) is 3.51. The summed E-state index contributed by atoms with van der Waals surface area (Å²) in [4.78, 5) is 0. The van der Waals surface area contributed by atoms with Crippen molar-refractivity contribution in [3.63, 3.8) is 0 Å². The first-order valence-electron chi connectivity index (χ1n) is 5.98. The average Bonchev–Trinajstić information content (AvgIpc) is 2.81. The van der Waals surface area contributed by atoms with Crippen LogP contribution in [0.5, 0.6) is 0 Å². The van der Waals surface area contributed by atoms with Crippen LogP contribution in [0.4, 0.5) is 8.78 Å². The highest BCUT2D eigenvalue weighted by Gasteiger charge is 2.24. The van der Waals surface area contributed by atoms with Gasteiger partial charge in [-0.05, 0) is 12.1 Å². The molecule has 21 heavy (non-hydrogen) atoms. The molecule has 0 amide bonds. The minimum Gasteiger partial charge on any atom is -0.383 e. The summed E-state index contributed by atoms with van der Waals surface area (Å²) in [6, 6.07) is 1.64. The Balaban J connectivity index is 2.42. The first kappa shape index (κ1) is 16.2. The van der Waals surface area contributed by atoms with E-state index in [1.807, 2.05) is 0 Å². The smallest absolute Gasteiger partial charge is 0.142 e. The lowest BCUT2D eigenvalue weighted by Crippen LogP contribution is -2.14. The van der Waals surface area contributed by atoms with Crippen molar-refractivity contribution in [1.29, 1.82) is 0 Å². The van der Waals surface area contributed by atoms with Gasteiger partial charge in [-0.15, -0.1) is 0 Å². The number of aromatic nitrogens is 2. The fourth-order valence-corrected chi connectivity index (χ4v) is 2.29. The van der Waals surface area contributed by atoms with Crippen LogP contribution in [-0.2, 0) is 11.3 Å². The lowest BCUT2D eigenvalue weighted by Gasteiger charge is -2.15. The molecule has 0 saturated carbocycles. The van der Waals surface area contributed by atoms with Crippen LogP contribution in [0.25, 0.3) is 0 Å². The van der Waals surface area contributed by atoms with E-state index in [4.69, 9.17) is 27.9 Å². The zero-order valence-electron chi connectivity index (χ0n) is 11.0. The van der Waals surface area contributed by atoms with E-state index in [1.165, 1.54) is 18.0 Å². The summed E-state index contributed by atoms with van der Waals surface area (Å²) in [5.74, 6) is -1.66. The van der Waals surface area contributed by atoms with Gasteiger partial charge in [0, 0.05) is 12.7 Å². The molecule has 0 aliphatic carbocycles. The number of hydrogen-bond acceptors (Lipinski definition) is 3. The van der Waals surface area contributed by atoms with Crippen LogP contribution >= 0.6 is 23.2 Å². The number of benzene rings is 1. The van der Waals surface area contributed by atoms with E-state index in [9.17, 15) is 13.9 Å². The van der Waals surface area contributed by atoms with Crippen molar-refractivity contribution in [3.8, 4) is 0 Å². The Morgan fingerprint density at radius 1 is 1.29 bits per heavy atom. The second-order valence-electron chi connectivity index (χ2n) is 4.28. The third kappa shape index (κ3) is 3.35. The van der Waals surface area contributed by atoms with E-state index in [1.54, 1.807) is 0 Å². The molecule has 1 atom stereocenters. The van der Waals surface area contributed by atoms with Gasteiger partial charge in [0.15, 0.2) is 0 Å². The number of methoxy groups -OCH3 is 1. The van der Waals surface area contributed by atoms with Crippen LogP contribution in [0.2, 0.25) is 10.0 Å². The van der Waals surface area contributed by atoms with Crippen LogP contribution in [0, 0.1) is 11.6 Å². The lowest BCUT2D eigenvalue weighted by atomic mass is 10.1. The molecule has 1 aromatic heterocycles. The van der Waals surface area contributed by atoms with E-state index < -0.39 is 17.7 Å². The highest BCUT2D eigenvalue weighted by Crippen LogP contribution is 2.31. The summed E-state index contributed by atoms with van der Waals surface area (Å²) in [5, 5.41) is 14.1. The van der Waals surface area contributed by atoms with Gasteiger partial charge in [0.05, 0.1) is 35.1 Å². The van der Waals surface area contributed by atoms with Gasteiger partial charge in [-0.2, -0.15) is 5.10 Å². The summed E-state index contributed by atoms with van der Waals surface area (Å²) >= 11 is 11.5. The second-order valence-corrected chi connectivity index (χ2v) is 5.10. The van der Waals surface area contributed by atoms with Crippen molar-refractivity contribution in [3.05, 3.63) is 51.3 Å². The zero-order chi connectivity index (χ0) is 15.6. The molecule has 114 valence electrons. The number of halogens is 4. The Morgan fingerprint density at radius 3 is 2.67 bits per heavy atom. The summed E-state index contributed by atoms with van der Waals surface area (Å²) in [5.41, 5.74) is -0.104. The Kier molecular flexibility index (Phi) is 5.16. The molecule has 1 aromatic carbocycles. The molecular weight excluding hydrogens is 325 g/mol. The molecule has 2 aromatic rings. The summed E-state index contributed by atoms with van der Waals surface area (Å²) in [6.45, 7) is 0.641. The van der Waals surface area contributed by atoms with Crippen LogP contribution in [0.15, 0.2) is 18.3 Å². The van der Waals surface area contributed by atoms with E-state index in [0.29, 0.717) is 13.2 Å². The maximum atomic E-state index is 13.9. The maximum Gasteiger partial charge on any atom is 0.142 e. The van der Waals surface area contributed by atoms with Crippen LogP contribution in [-0.4, -0.2) is 28.6 Å². The van der Waals surface area contributed by atoms with E-state index >= 15 is 0 Å². The number of rotatable bonds is 5. The van der Waals surface area contributed by atoms with E-state index in [0.717, 1.165) is 12.1 Å². The minimum atomic E-state index is -1.47. The largest absolute Gasteiger partial charge is 0.383 e. The summed E-state index contributed by atoms with van der Waals surface area (Å²) < 4.78 is 33.7. The topological polar surface area (TPSA) is 47.3 Å². The molecule has 0 aliphatic rings. The van der Waals surface area contributed by atoms with Crippen molar-refractivity contribution < 1.29 is 18.6 Å². The Hall–Kier alpha value is -1.21. The maximum absolute atomic E-state index is 13.9. The third-order valence-electron chi connectivity index (χ3n) is 2.93. The first-order chi connectivity index (χ1) is 9.95. The number of nitrogens with zero attached hydrogens (tertiary/aromatic N) is 2. The monoisotopic (exact) mass is 336 g/mol. The Labute approximate surface area is 129 Å². The molecule has 0 fully saturated rings. The molecule has 1 heterocycles. The van der Waals surface area contributed by atoms with Crippen molar-refractivity contribution >= 4 is 23.2 Å². The molecule has 8 heteroatoms. The van der Waals surface area contributed by atoms with Crippen molar-refractivity contribution in [1.82, 2.24) is 9.78 Å². The lowest BCUT2D eigenvalue weighted by molar-refractivity contribution is 0.170. The molecule has 0 saturated heterocycles. The minimum absolute atomic E-state index is 0.147. The van der Waals surface area contributed by atoms with Gasteiger partial charge >= 0.3 is 0 Å². The van der Waals surface area contributed by atoms with Crippen molar-refractivity contribution in [2.75, 3.05) is 13.7 Å². The first-order valence-corrected chi connectivity index (χ1v) is 6.74. The molecule has 1 N–H and O–H groups in total. The van der Waals surface area contributed by atoms with Crippen molar-refractivity contribution in [2.45, 2.75) is 12.6 Å². The number of ether oxygens (including phenoxy) is 1. The zero-order valence-corrected chi connectivity index (χ0v) is 12.5. The highest BCUT2D eigenvalue weighted by molar-refractivity contribution is 6.31. The fraction of sp³-hybridized carbons (Fsp3) is 0.308. The molecule has 1 unspecified atom stereocenters. The van der Waals surface area contributed by atoms with Crippen LogP contribution in [0.3, 0.4) is 0 Å². The van der Waals surface area contributed by atoms with Crippen LogP contribution in [0.1, 0.15) is 17.4 Å². The highest BCUT2D eigenvalue weighted by atomic mass is 35.5. The van der Waals surface area contributed by atoms with Gasteiger partial charge in [0.2, 0.25) is 0 Å². The average molecular weight is 337 g/mol. The second kappa shape index (κ2) is 6.70. The van der Waals surface area contributed by atoms with Crippen molar-refractivity contribution in [2.24, 2.45) is 0 Å².